The molecule has 3 aromatic heterocycles. The van der Waals surface area contributed by atoms with Crippen LogP contribution in [0.5, 0.6) is 0 Å². The van der Waals surface area contributed by atoms with E-state index in [0.717, 1.165) is 34.6 Å². The van der Waals surface area contributed by atoms with E-state index in [1.165, 1.54) is 0 Å². The standard InChI is InChI=1S/C15H15ClN4/c1-10-7-12(16)9-20-13(4-5-17)14(19-15(10)20)11-3-2-6-18-8-11/h2-3,6-9H,4-5,17H2,1H3. The summed E-state index contributed by atoms with van der Waals surface area (Å²) >= 11 is 6.16. The Morgan fingerprint density at radius 1 is 1.40 bits per heavy atom. The van der Waals surface area contributed by atoms with Crippen molar-refractivity contribution in [1.82, 2.24) is 14.4 Å². The van der Waals surface area contributed by atoms with Crippen LogP contribution in [0.1, 0.15) is 11.3 Å². The van der Waals surface area contributed by atoms with E-state index >= 15 is 0 Å². The van der Waals surface area contributed by atoms with Gasteiger partial charge in [0.05, 0.1) is 16.4 Å². The normalized spacial score (nSPS) is 11.2. The lowest BCUT2D eigenvalue weighted by molar-refractivity contribution is 0.905. The molecule has 0 aliphatic heterocycles. The third-order valence-corrected chi connectivity index (χ3v) is 3.49. The van der Waals surface area contributed by atoms with Crippen LogP contribution in [0.2, 0.25) is 5.02 Å². The van der Waals surface area contributed by atoms with Gasteiger partial charge < -0.3 is 10.1 Å². The second-order valence-electron chi connectivity index (χ2n) is 4.72. The average Bonchev–Trinajstić information content (AvgIpc) is 2.80. The van der Waals surface area contributed by atoms with Crippen molar-refractivity contribution in [2.24, 2.45) is 5.73 Å². The highest BCUT2D eigenvalue weighted by Crippen LogP contribution is 2.27. The second-order valence-corrected chi connectivity index (χ2v) is 5.16. The van der Waals surface area contributed by atoms with Crippen LogP contribution in [0.25, 0.3) is 16.9 Å². The lowest BCUT2D eigenvalue weighted by Gasteiger charge is -2.04. The SMILES string of the molecule is Cc1cc(Cl)cn2c(CCN)c(-c3cccnc3)nc12. The highest BCUT2D eigenvalue weighted by Gasteiger charge is 2.15. The van der Waals surface area contributed by atoms with Gasteiger partial charge in [0.15, 0.2) is 0 Å². The summed E-state index contributed by atoms with van der Waals surface area (Å²) in [5.41, 5.74) is 10.7. The van der Waals surface area contributed by atoms with E-state index in [9.17, 15) is 0 Å². The van der Waals surface area contributed by atoms with Crippen LogP contribution in [-0.2, 0) is 6.42 Å². The van der Waals surface area contributed by atoms with Crippen molar-refractivity contribution in [3.05, 3.63) is 53.1 Å². The molecule has 0 amide bonds. The molecule has 0 bridgehead atoms. The summed E-state index contributed by atoms with van der Waals surface area (Å²) in [6.45, 7) is 2.57. The number of hydrogen-bond donors (Lipinski definition) is 1. The zero-order valence-corrected chi connectivity index (χ0v) is 11.9. The zero-order valence-electron chi connectivity index (χ0n) is 11.2. The molecule has 0 atom stereocenters. The number of fused-ring (bicyclic) bond motifs is 1. The summed E-state index contributed by atoms with van der Waals surface area (Å²) in [6, 6.07) is 5.83. The fraction of sp³-hybridized carbons (Fsp3) is 0.200. The molecule has 3 rings (SSSR count). The number of nitrogens with zero attached hydrogens (tertiary/aromatic N) is 3. The van der Waals surface area contributed by atoms with Gasteiger partial charge >= 0.3 is 0 Å². The van der Waals surface area contributed by atoms with Crippen molar-refractivity contribution in [3.63, 3.8) is 0 Å². The van der Waals surface area contributed by atoms with Gasteiger partial charge in [-0.2, -0.15) is 0 Å². The molecule has 0 saturated heterocycles. The monoisotopic (exact) mass is 286 g/mol. The Balaban J connectivity index is 2.32. The highest BCUT2D eigenvalue weighted by molar-refractivity contribution is 6.30. The number of imidazole rings is 1. The number of nitrogens with two attached hydrogens (primary N) is 1. The molecule has 20 heavy (non-hydrogen) atoms. The van der Waals surface area contributed by atoms with Gasteiger partial charge in [0.2, 0.25) is 0 Å². The molecule has 4 nitrogen and oxygen atoms in total. The Hall–Kier alpha value is -1.91. The van der Waals surface area contributed by atoms with Gasteiger partial charge in [0.25, 0.3) is 0 Å². The molecule has 2 N–H and O–H groups in total. The predicted molar refractivity (Wildman–Crippen MR) is 80.9 cm³/mol. The van der Waals surface area contributed by atoms with Crippen molar-refractivity contribution >= 4 is 17.2 Å². The summed E-state index contributed by atoms with van der Waals surface area (Å²) in [4.78, 5) is 8.92. The summed E-state index contributed by atoms with van der Waals surface area (Å²) in [5.74, 6) is 0. The zero-order chi connectivity index (χ0) is 14.1. The van der Waals surface area contributed by atoms with Gasteiger partial charge in [0, 0.05) is 30.6 Å². The van der Waals surface area contributed by atoms with Crippen LogP contribution in [0.3, 0.4) is 0 Å². The average molecular weight is 287 g/mol. The molecule has 0 aliphatic rings. The fourth-order valence-corrected chi connectivity index (χ4v) is 2.69. The molecule has 0 fully saturated rings. The van der Waals surface area contributed by atoms with Gasteiger partial charge in [0.1, 0.15) is 5.65 Å². The van der Waals surface area contributed by atoms with Crippen LogP contribution >= 0.6 is 11.6 Å². The number of aromatic nitrogens is 3. The van der Waals surface area contributed by atoms with Crippen LogP contribution < -0.4 is 5.73 Å². The first-order chi connectivity index (χ1) is 9.70. The lowest BCUT2D eigenvalue weighted by atomic mass is 10.1. The minimum absolute atomic E-state index is 0.562. The number of halogens is 1. The van der Waals surface area contributed by atoms with E-state index in [1.807, 2.05) is 41.9 Å². The van der Waals surface area contributed by atoms with Crippen molar-refractivity contribution in [1.29, 1.82) is 0 Å². The number of hydrogen-bond acceptors (Lipinski definition) is 3. The molecule has 0 aromatic carbocycles. The van der Waals surface area contributed by atoms with E-state index in [1.54, 1.807) is 6.20 Å². The summed E-state index contributed by atoms with van der Waals surface area (Å²) in [6.07, 6.45) is 6.20. The minimum atomic E-state index is 0.562. The van der Waals surface area contributed by atoms with Crippen molar-refractivity contribution in [2.75, 3.05) is 6.54 Å². The quantitative estimate of drug-likeness (QED) is 0.805. The Kier molecular flexibility index (Phi) is 3.42. The maximum atomic E-state index is 6.16. The molecule has 3 heterocycles. The first-order valence-electron chi connectivity index (χ1n) is 6.48. The van der Waals surface area contributed by atoms with Gasteiger partial charge in [-0.1, -0.05) is 11.6 Å². The predicted octanol–water partition coefficient (Wildman–Crippen LogP) is 2.86. The Morgan fingerprint density at radius 3 is 2.95 bits per heavy atom. The van der Waals surface area contributed by atoms with Crippen LogP contribution in [-0.4, -0.2) is 20.9 Å². The summed E-state index contributed by atoms with van der Waals surface area (Å²) < 4.78 is 2.03. The topological polar surface area (TPSA) is 56.2 Å². The Labute approximate surface area is 122 Å². The molecule has 0 unspecified atom stereocenters. The molecule has 0 saturated carbocycles. The molecule has 3 aromatic rings. The molecule has 0 radical (unpaired) electrons. The van der Waals surface area contributed by atoms with Gasteiger partial charge in [-0.05, 0) is 37.2 Å². The molecule has 102 valence electrons. The van der Waals surface area contributed by atoms with E-state index in [-0.39, 0.29) is 0 Å². The lowest BCUT2D eigenvalue weighted by Crippen LogP contribution is -2.06. The van der Waals surface area contributed by atoms with E-state index < -0.39 is 0 Å². The van der Waals surface area contributed by atoms with E-state index in [0.29, 0.717) is 11.6 Å². The third-order valence-electron chi connectivity index (χ3n) is 3.29. The molecular formula is C15H15ClN4. The smallest absolute Gasteiger partial charge is 0.140 e. The van der Waals surface area contributed by atoms with Crippen LogP contribution in [0.4, 0.5) is 0 Å². The number of aryl methyl sites for hydroxylation is 1. The Morgan fingerprint density at radius 2 is 2.25 bits per heavy atom. The molecule has 5 heteroatoms. The molecule has 0 aliphatic carbocycles. The maximum Gasteiger partial charge on any atom is 0.140 e. The largest absolute Gasteiger partial charge is 0.330 e. The van der Waals surface area contributed by atoms with Crippen molar-refractivity contribution in [2.45, 2.75) is 13.3 Å². The third kappa shape index (κ3) is 2.17. The first-order valence-corrected chi connectivity index (χ1v) is 6.86. The highest BCUT2D eigenvalue weighted by atomic mass is 35.5. The summed E-state index contributed by atoms with van der Waals surface area (Å²) in [5, 5.41) is 0.698. The van der Waals surface area contributed by atoms with E-state index in [2.05, 4.69) is 4.98 Å². The first kappa shape index (κ1) is 13.1. The maximum absolute atomic E-state index is 6.16. The van der Waals surface area contributed by atoms with Gasteiger partial charge in [-0.3, -0.25) is 4.98 Å². The summed E-state index contributed by atoms with van der Waals surface area (Å²) in [7, 11) is 0. The molecule has 0 spiro atoms. The number of pyridine rings is 2. The van der Waals surface area contributed by atoms with Gasteiger partial charge in [-0.25, -0.2) is 4.98 Å². The van der Waals surface area contributed by atoms with E-state index in [4.69, 9.17) is 22.3 Å². The Bertz CT molecular complexity index is 749. The molecular weight excluding hydrogens is 272 g/mol. The van der Waals surface area contributed by atoms with Crippen LogP contribution in [0.15, 0.2) is 36.8 Å². The minimum Gasteiger partial charge on any atom is -0.330 e. The second kappa shape index (κ2) is 5.23. The van der Waals surface area contributed by atoms with Crippen molar-refractivity contribution in [3.8, 4) is 11.3 Å². The van der Waals surface area contributed by atoms with Gasteiger partial charge in [-0.15, -0.1) is 0 Å². The fourth-order valence-electron chi connectivity index (χ4n) is 2.43. The van der Waals surface area contributed by atoms with Crippen LogP contribution in [0, 0.1) is 6.92 Å². The van der Waals surface area contributed by atoms with Crippen molar-refractivity contribution < 1.29 is 0 Å². The number of rotatable bonds is 3.